The van der Waals surface area contributed by atoms with Gasteiger partial charge in [-0.1, -0.05) is 12.2 Å². The summed E-state index contributed by atoms with van der Waals surface area (Å²) in [5.41, 5.74) is 0.233. The lowest BCUT2D eigenvalue weighted by atomic mass is 10.2. The molecule has 0 aromatic carbocycles. The Labute approximate surface area is 226 Å². The highest BCUT2D eigenvalue weighted by Gasteiger charge is 2.25. The number of pyridine rings is 1. The number of aromatic nitrogens is 4. The van der Waals surface area contributed by atoms with Crippen LogP contribution in [0.25, 0.3) is 11.5 Å². The number of aryl methyl sites for hydroxylation is 1. The lowest BCUT2D eigenvalue weighted by Crippen LogP contribution is -2.38. The number of fused-ring (bicyclic) bond motifs is 6. The Morgan fingerprint density at radius 2 is 1.90 bits per heavy atom. The van der Waals surface area contributed by atoms with Gasteiger partial charge in [-0.05, 0) is 58.6 Å². The van der Waals surface area contributed by atoms with Crippen molar-refractivity contribution in [2.45, 2.75) is 52.1 Å². The topological polar surface area (TPSA) is 144 Å². The molecule has 12 heteroatoms. The molecule has 39 heavy (non-hydrogen) atoms. The van der Waals surface area contributed by atoms with Crippen LogP contribution in [-0.4, -0.2) is 56.3 Å². The Morgan fingerprint density at radius 3 is 2.67 bits per heavy atom. The molecule has 2 N–H and O–H groups in total. The van der Waals surface area contributed by atoms with Gasteiger partial charge in [-0.3, -0.25) is 19.2 Å². The maximum absolute atomic E-state index is 13.1. The van der Waals surface area contributed by atoms with E-state index in [1.807, 2.05) is 20.8 Å². The van der Waals surface area contributed by atoms with Crippen molar-refractivity contribution in [3.05, 3.63) is 54.3 Å². The summed E-state index contributed by atoms with van der Waals surface area (Å²) < 4.78 is 12.7. The number of nitrogens with one attached hydrogen (secondary N) is 2. The van der Waals surface area contributed by atoms with Crippen LogP contribution in [0.3, 0.4) is 0 Å². The molecule has 0 fully saturated rings. The molecule has 1 aliphatic rings. The first-order valence-electron chi connectivity index (χ1n) is 12.8. The van der Waals surface area contributed by atoms with Crippen LogP contribution < -0.4 is 15.5 Å². The van der Waals surface area contributed by atoms with Gasteiger partial charge in [0.05, 0.1) is 5.69 Å². The molecule has 4 heterocycles. The highest BCUT2D eigenvalue weighted by Crippen LogP contribution is 2.25. The molecule has 0 aliphatic carbocycles. The molecule has 0 spiro atoms. The van der Waals surface area contributed by atoms with Crippen molar-refractivity contribution >= 4 is 29.4 Å². The average molecular weight is 536 g/mol. The number of allylic oxidation sites excluding steroid dienone is 2. The monoisotopic (exact) mass is 535 g/mol. The van der Waals surface area contributed by atoms with Crippen molar-refractivity contribution in [1.82, 2.24) is 25.1 Å². The van der Waals surface area contributed by atoms with Crippen molar-refractivity contribution < 1.29 is 23.5 Å². The third kappa shape index (κ3) is 7.30. The first-order valence-corrected chi connectivity index (χ1v) is 12.8. The summed E-state index contributed by atoms with van der Waals surface area (Å²) in [4.78, 5) is 48.9. The van der Waals surface area contributed by atoms with Crippen molar-refractivity contribution in [1.29, 1.82) is 0 Å². The predicted octanol–water partition coefficient (Wildman–Crippen LogP) is 4.32. The summed E-state index contributed by atoms with van der Waals surface area (Å²) in [7, 11) is 1.66. The van der Waals surface area contributed by atoms with Gasteiger partial charge >= 0.3 is 6.09 Å². The van der Waals surface area contributed by atoms with Crippen LogP contribution in [-0.2, 0) is 11.8 Å². The van der Waals surface area contributed by atoms with Crippen LogP contribution in [0.4, 0.5) is 16.3 Å². The third-order valence-corrected chi connectivity index (χ3v) is 5.66. The number of anilines is 2. The number of oxazole rings is 1. The fourth-order valence-corrected chi connectivity index (χ4v) is 3.87. The normalized spacial score (nSPS) is 16.4. The van der Waals surface area contributed by atoms with E-state index in [1.54, 1.807) is 31.6 Å². The molecule has 4 bridgehead atoms. The Hall–Kier alpha value is -4.48. The zero-order valence-corrected chi connectivity index (χ0v) is 22.6. The molecule has 0 radical (unpaired) electrons. The molecule has 206 valence electrons. The van der Waals surface area contributed by atoms with Gasteiger partial charge in [-0.25, -0.2) is 14.8 Å². The molecule has 4 rings (SSSR count). The number of rotatable bonds is 0. The third-order valence-electron chi connectivity index (χ3n) is 5.66. The minimum atomic E-state index is -0.676. The van der Waals surface area contributed by atoms with E-state index in [-0.39, 0.29) is 28.9 Å². The molecule has 0 saturated carbocycles. The molecule has 3 amide bonds. The minimum Gasteiger partial charge on any atom is -0.444 e. The summed E-state index contributed by atoms with van der Waals surface area (Å²) in [6, 6.07) is 3.34. The number of carbonyl (C=O) groups is 3. The van der Waals surface area contributed by atoms with E-state index in [0.717, 1.165) is 19.3 Å². The predicted molar refractivity (Wildman–Crippen MR) is 144 cm³/mol. The largest absolute Gasteiger partial charge is 0.444 e. The lowest BCUT2D eigenvalue weighted by Gasteiger charge is -2.27. The number of ether oxygens (including phenoxy) is 1. The highest BCUT2D eigenvalue weighted by atomic mass is 16.6. The number of nitrogens with zero attached hydrogens (tertiary/aromatic N) is 5. The van der Waals surface area contributed by atoms with Crippen LogP contribution in [0.2, 0.25) is 0 Å². The van der Waals surface area contributed by atoms with Crippen molar-refractivity contribution in [3.63, 3.8) is 0 Å². The summed E-state index contributed by atoms with van der Waals surface area (Å²) in [5.74, 6) is -0.391. The van der Waals surface area contributed by atoms with Crippen molar-refractivity contribution in [2.24, 2.45) is 7.05 Å². The summed E-state index contributed by atoms with van der Waals surface area (Å²) in [6.07, 6.45) is 10.9. The average Bonchev–Trinajstić information content (AvgIpc) is 3.50. The van der Waals surface area contributed by atoms with E-state index in [4.69, 9.17) is 9.15 Å². The summed E-state index contributed by atoms with van der Waals surface area (Å²) in [5, 5.41) is 9.72. The molecule has 3 aromatic rings. The Balaban J connectivity index is 1.65. The smallest absolute Gasteiger partial charge is 0.416 e. The molecule has 0 saturated heterocycles. The number of hydrogen-bond donors (Lipinski definition) is 2. The fraction of sp³-hybridized carbons (Fsp3) is 0.407. The SMILES string of the molecule is Cn1cc2c(n1)C(=O)NCCC/C=C/CCCN(C(=O)OC(C)(C)C)c1cc(ccn1)-c1nc(co1)C(=O)N2. The molecule has 0 unspecified atom stereocenters. The van der Waals surface area contributed by atoms with E-state index >= 15 is 0 Å². The van der Waals surface area contributed by atoms with Gasteiger partial charge in [-0.2, -0.15) is 5.10 Å². The zero-order chi connectivity index (χ0) is 28.0. The van der Waals surface area contributed by atoms with Gasteiger partial charge in [0.1, 0.15) is 17.7 Å². The van der Waals surface area contributed by atoms with E-state index < -0.39 is 17.6 Å². The van der Waals surface area contributed by atoms with Crippen LogP contribution >= 0.6 is 0 Å². The van der Waals surface area contributed by atoms with Crippen LogP contribution in [0, 0.1) is 0 Å². The molecular weight excluding hydrogens is 502 g/mol. The van der Waals surface area contributed by atoms with Gasteiger partial charge in [-0.15, -0.1) is 0 Å². The van der Waals surface area contributed by atoms with E-state index in [9.17, 15) is 14.4 Å². The standard InChI is InChI=1S/C27H33N7O5/c1-27(2,3)39-26(37)34-14-10-8-6-5-7-9-12-29-24(36)22-19(16-33(4)32-22)30-23(35)20-17-38-25(31-20)18-11-13-28-21(34)15-18/h5-6,11,13,15-17H,7-10,12,14H2,1-4H3,(H,29,36)(H,30,35)/b6-5+. The molecule has 12 nitrogen and oxygen atoms in total. The second-order valence-corrected chi connectivity index (χ2v) is 10.1. The van der Waals surface area contributed by atoms with Gasteiger partial charge in [0.25, 0.3) is 11.8 Å². The number of hydrogen-bond acceptors (Lipinski definition) is 8. The highest BCUT2D eigenvalue weighted by molar-refractivity contribution is 6.07. The first kappa shape index (κ1) is 27.6. The quantitative estimate of drug-likeness (QED) is 0.405. The second-order valence-electron chi connectivity index (χ2n) is 10.1. The molecule has 1 aliphatic heterocycles. The van der Waals surface area contributed by atoms with E-state index in [1.165, 1.54) is 15.8 Å². The maximum Gasteiger partial charge on any atom is 0.416 e. The van der Waals surface area contributed by atoms with Gasteiger partial charge in [0, 0.05) is 38.1 Å². The maximum atomic E-state index is 13.1. The Bertz CT molecular complexity index is 1370. The first-order chi connectivity index (χ1) is 18.6. The van der Waals surface area contributed by atoms with E-state index in [0.29, 0.717) is 30.9 Å². The van der Waals surface area contributed by atoms with Gasteiger partial charge in [0.15, 0.2) is 11.4 Å². The van der Waals surface area contributed by atoms with Crippen molar-refractivity contribution in [3.8, 4) is 11.5 Å². The number of amides is 3. The summed E-state index contributed by atoms with van der Waals surface area (Å²) >= 11 is 0. The zero-order valence-electron chi connectivity index (χ0n) is 22.6. The molecule has 3 aromatic heterocycles. The molecular formula is C27H33N7O5. The van der Waals surface area contributed by atoms with Crippen LogP contribution in [0.5, 0.6) is 0 Å². The second kappa shape index (κ2) is 11.9. The van der Waals surface area contributed by atoms with Gasteiger partial charge < -0.3 is 19.8 Å². The lowest BCUT2D eigenvalue weighted by molar-refractivity contribution is 0.0578. The van der Waals surface area contributed by atoms with Crippen LogP contribution in [0.15, 0.2) is 47.4 Å². The minimum absolute atomic E-state index is 0.0135. The van der Waals surface area contributed by atoms with E-state index in [2.05, 4.69) is 37.9 Å². The van der Waals surface area contributed by atoms with Crippen LogP contribution in [0.1, 0.15) is 67.4 Å². The summed E-state index contributed by atoms with van der Waals surface area (Å²) in [6.45, 7) is 6.26. The fourth-order valence-electron chi connectivity index (χ4n) is 3.87. The Kier molecular flexibility index (Phi) is 8.43. The molecule has 0 atom stereocenters. The number of carbonyl (C=O) groups excluding carboxylic acids is 3. The van der Waals surface area contributed by atoms with Crippen molar-refractivity contribution in [2.75, 3.05) is 23.3 Å². The van der Waals surface area contributed by atoms with Gasteiger partial charge in [0.2, 0.25) is 5.89 Å². The Morgan fingerprint density at radius 1 is 1.13 bits per heavy atom.